The fourth-order valence-electron chi connectivity index (χ4n) is 3.64. The maximum atomic E-state index is 5.89. The van der Waals surface area contributed by atoms with Crippen LogP contribution < -0.4 is 5.32 Å². The van der Waals surface area contributed by atoms with E-state index in [0.29, 0.717) is 4.99 Å². The van der Waals surface area contributed by atoms with Crippen molar-refractivity contribution >= 4 is 33.7 Å². The van der Waals surface area contributed by atoms with E-state index in [1.807, 2.05) is 61.3 Å². The summed E-state index contributed by atoms with van der Waals surface area (Å²) in [7, 11) is 0. The molecule has 0 atom stereocenters. The van der Waals surface area contributed by atoms with Gasteiger partial charge in [0.25, 0.3) is 0 Å². The molecule has 4 aromatic rings. The Labute approximate surface area is 170 Å². The standard InChI is InChI=1S/C22H23N5S/c1-14-12-16(3)26(24-14)22(27-17(4)13-15(2)25-27)21(28)23-20-11-7-9-18-8-5-6-10-19(18)20/h5-13,22H,1-4H3,(H,23,28). The molecule has 142 valence electrons. The number of rotatable bonds is 4. The third-order valence-corrected chi connectivity index (χ3v) is 5.15. The molecule has 0 amide bonds. The van der Waals surface area contributed by atoms with Crippen molar-refractivity contribution < 1.29 is 0 Å². The van der Waals surface area contributed by atoms with E-state index in [1.165, 1.54) is 5.39 Å². The highest BCUT2D eigenvalue weighted by molar-refractivity contribution is 7.80. The summed E-state index contributed by atoms with van der Waals surface area (Å²) in [5.74, 6) is 0. The molecule has 0 saturated carbocycles. The Morgan fingerprint density at radius 1 is 0.857 bits per heavy atom. The molecule has 1 N–H and O–H groups in total. The maximum absolute atomic E-state index is 5.89. The Morgan fingerprint density at radius 2 is 1.43 bits per heavy atom. The van der Waals surface area contributed by atoms with E-state index in [2.05, 4.69) is 35.6 Å². The number of hydrogen-bond acceptors (Lipinski definition) is 3. The average molecular weight is 390 g/mol. The molecule has 2 aromatic heterocycles. The van der Waals surface area contributed by atoms with Crippen LogP contribution in [0.4, 0.5) is 5.69 Å². The van der Waals surface area contributed by atoms with Gasteiger partial charge in [-0.15, -0.1) is 0 Å². The molecule has 5 nitrogen and oxygen atoms in total. The van der Waals surface area contributed by atoms with Crippen molar-refractivity contribution in [2.24, 2.45) is 0 Å². The quantitative estimate of drug-likeness (QED) is 0.502. The van der Waals surface area contributed by atoms with Crippen LogP contribution >= 0.6 is 12.2 Å². The summed E-state index contributed by atoms with van der Waals surface area (Å²) in [5.41, 5.74) is 4.97. The first-order chi connectivity index (χ1) is 13.4. The van der Waals surface area contributed by atoms with Gasteiger partial charge in [0.15, 0.2) is 6.17 Å². The first kappa shape index (κ1) is 18.4. The highest BCUT2D eigenvalue weighted by Crippen LogP contribution is 2.26. The van der Waals surface area contributed by atoms with Gasteiger partial charge in [-0.2, -0.15) is 10.2 Å². The number of nitrogens with one attached hydrogen (secondary N) is 1. The second kappa shape index (κ2) is 7.20. The molecule has 0 aliphatic heterocycles. The summed E-state index contributed by atoms with van der Waals surface area (Å²) in [6.07, 6.45) is -0.337. The van der Waals surface area contributed by atoms with Crippen LogP contribution in [0.5, 0.6) is 0 Å². The van der Waals surface area contributed by atoms with Crippen LogP contribution in [0.25, 0.3) is 10.8 Å². The van der Waals surface area contributed by atoms with Crippen LogP contribution in [0.1, 0.15) is 28.9 Å². The molecule has 0 spiro atoms. The number of anilines is 1. The summed E-state index contributed by atoms with van der Waals surface area (Å²) in [4.78, 5) is 0.647. The van der Waals surface area contributed by atoms with E-state index >= 15 is 0 Å². The van der Waals surface area contributed by atoms with Crippen LogP contribution in [-0.2, 0) is 0 Å². The molecule has 2 heterocycles. The van der Waals surface area contributed by atoms with E-state index in [-0.39, 0.29) is 6.17 Å². The molecule has 4 rings (SSSR count). The van der Waals surface area contributed by atoms with Gasteiger partial charge < -0.3 is 5.32 Å². The number of aromatic nitrogens is 4. The zero-order valence-electron chi connectivity index (χ0n) is 16.5. The van der Waals surface area contributed by atoms with Crippen molar-refractivity contribution in [2.75, 3.05) is 5.32 Å². The lowest BCUT2D eigenvalue weighted by atomic mass is 10.1. The zero-order chi connectivity index (χ0) is 19.8. The van der Waals surface area contributed by atoms with Crippen molar-refractivity contribution in [1.82, 2.24) is 19.6 Å². The Bertz CT molecular complexity index is 1120. The van der Waals surface area contributed by atoms with Crippen LogP contribution in [0.15, 0.2) is 54.6 Å². The lowest BCUT2D eigenvalue weighted by Gasteiger charge is -2.23. The van der Waals surface area contributed by atoms with E-state index in [9.17, 15) is 0 Å². The first-order valence-electron chi connectivity index (χ1n) is 9.28. The van der Waals surface area contributed by atoms with Crippen molar-refractivity contribution in [3.8, 4) is 0 Å². The monoisotopic (exact) mass is 389 g/mol. The Morgan fingerprint density at radius 3 is 2.00 bits per heavy atom. The van der Waals surface area contributed by atoms with Gasteiger partial charge in [0.1, 0.15) is 4.99 Å². The molecule has 2 aromatic carbocycles. The minimum Gasteiger partial charge on any atom is -0.346 e. The van der Waals surface area contributed by atoms with Crippen LogP contribution in [-0.4, -0.2) is 24.5 Å². The topological polar surface area (TPSA) is 47.7 Å². The molecule has 0 bridgehead atoms. The number of nitrogens with zero attached hydrogens (tertiary/aromatic N) is 4. The van der Waals surface area contributed by atoms with Crippen molar-refractivity contribution in [3.63, 3.8) is 0 Å². The maximum Gasteiger partial charge on any atom is 0.194 e. The second-order valence-electron chi connectivity index (χ2n) is 7.13. The normalized spacial score (nSPS) is 11.3. The Hall–Kier alpha value is -2.99. The molecule has 0 aliphatic carbocycles. The number of aryl methyl sites for hydroxylation is 4. The van der Waals surface area contributed by atoms with E-state index < -0.39 is 0 Å². The molecule has 6 heteroatoms. The number of fused-ring (bicyclic) bond motifs is 1. The van der Waals surface area contributed by atoms with Gasteiger partial charge in [-0.3, -0.25) is 0 Å². The molecular formula is C22H23N5S. The van der Waals surface area contributed by atoms with Crippen molar-refractivity contribution in [2.45, 2.75) is 33.9 Å². The zero-order valence-corrected chi connectivity index (χ0v) is 17.3. The molecule has 0 unspecified atom stereocenters. The van der Waals surface area contributed by atoms with Crippen molar-refractivity contribution in [1.29, 1.82) is 0 Å². The first-order valence-corrected chi connectivity index (χ1v) is 9.69. The third-order valence-electron chi connectivity index (χ3n) is 4.83. The molecule has 28 heavy (non-hydrogen) atoms. The third kappa shape index (κ3) is 3.31. The van der Waals surface area contributed by atoms with E-state index in [1.54, 1.807) is 0 Å². The smallest absolute Gasteiger partial charge is 0.194 e. The number of thiocarbonyl (C=S) groups is 1. The van der Waals surface area contributed by atoms with Gasteiger partial charge >= 0.3 is 0 Å². The minimum absolute atomic E-state index is 0.337. The summed E-state index contributed by atoms with van der Waals surface area (Å²) < 4.78 is 3.88. The lowest BCUT2D eigenvalue weighted by Crippen LogP contribution is -2.33. The predicted molar refractivity (Wildman–Crippen MR) is 118 cm³/mol. The molecule has 0 radical (unpaired) electrons. The number of benzene rings is 2. The van der Waals surface area contributed by atoms with Crippen LogP contribution in [0, 0.1) is 27.7 Å². The second-order valence-corrected chi connectivity index (χ2v) is 7.57. The van der Waals surface area contributed by atoms with Gasteiger partial charge in [-0.05, 0) is 51.3 Å². The predicted octanol–water partition coefficient (Wildman–Crippen LogP) is 4.95. The molecule has 0 fully saturated rings. The van der Waals surface area contributed by atoms with Gasteiger partial charge in [-0.25, -0.2) is 9.36 Å². The number of hydrogen-bond donors (Lipinski definition) is 1. The Kier molecular flexibility index (Phi) is 4.73. The molecular weight excluding hydrogens is 366 g/mol. The van der Waals surface area contributed by atoms with Gasteiger partial charge in [0.05, 0.1) is 11.4 Å². The van der Waals surface area contributed by atoms with Crippen LogP contribution in [0.2, 0.25) is 0 Å². The van der Waals surface area contributed by atoms with Gasteiger partial charge in [0.2, 0.25) is 0 Å². The summed E-state index contributed by atoms with van der Waals surface area (Å²) in [5, 5.41) is 15.1. The SMILES string of the molecule is Cc1cc(C)n(C(C(=S)Nc2cccc3ccccc23)n2nc(C)cc2C)n1. The summed E-state index contributed by atoms with van der Waals surface area (Å²) >= 11 is 5.89. The summed E-state index contributed by atoms with van der Waals surface area (Å²) in [6.45, 7) is 8.06. The minimum atomic E-state index is -0.337. The Balaban J connectivity index is 1.79. The molecule has 0 aliphatic rings. The lowest BCUT2D eigenvalue weighted by molar-refractivity contribution is 0.440. The van der Waals surface area contributed by atoms with Crippen LogP contribution in [0.3, 0.4) is 0 Å². The van der Waals surface area contributed by atoms with Gasteiger partial charge in [0, 0.05) is 22.5 Å². The molecule has 0 saturated heterocycles. The van der Waals surface area contributed by atoms with Gasteiger partial charge in [-0.1, -0.05) is 48.6 Å². The highest BCUT2D eigenvalue weighted by Gasteiger charge is 2.24. The fourth-order valence-corrected chi connectivity index (χ4v) is 3.95. The van der Waals surface area contributed by atoms with Crippen molar-refractivity contribution in [3.05, 3.63) is 77.4 Å². The van der Waals surface area contributed by atoms with E-state index in [4.69, 9.17) is 22.4 Å². The van der Waals surface area contributed by atoms with E-state index in [0.717, 1.165) is 33.8 Å². The highest BCUT2D eigenvalue weighted by atomic mass is 32.1. The average Bonchev–Trinajstić information content (AvgIpc) is 3.16. The fraction of sp³-hybridized carbons (Fsp3) is 0.227. The largest absolute Gasteiger partial charge is 0.346 e. The summed E-state index contributed by atoms with van der Waals surface area (Å²) in [6, 6.07) is 18.6.